The van der Waals surface area contributed by atoms with E-state index in [0.29, 0.717) is 16.8 Å². The van der Waals surface area contributed by atoms with E-state index in [9.17, 15) is 4.39 Å². The van der Waals surface area contributed by atoms with Crippen molar-refractivity contribution in [2.75, 3.05) is 6.61 Å². The summed E-state index contributed by atoms with van der Waals surface area (Å²) in [5, 5.41) is 8.81. The largest absolute Gasteiger partial charge is 0.491 e. The monoisotopic (exact) mass is 271 g/mol. The maximum absolute atomic E-state index is 12.9. The summed E-state index contributed by atoms with van der Waals surface area (Å²) in [5.74, 6) is -0.0198. The van der Waals surface area contributed by atoms with Crippen LogP contribution in [-0.2, 0) is 0 Å². The molecule has 0 fully saturated rings. The highest BCUT2D eigenvalue weighted by Crippen LogP contribution is 2.30. The Hall–Kier alpha value is -1.08. The molecule has 15 heavy (non-hydrogen) atoms. The Morgan fingerprint density at radius 1 is 1.53 bits per heavy atom. The number of hydrogen-bond acceptors (Lipinski definition) is 2. The van der Waals surface area contributed by atoms with Crippen LogP contribution in [0.5, 0.6) is 5.75 Å². The van der Waals surface area contributed by atoms with Crippen LogP contribution in [0.25, 0.3) is 0 Å². The third-order valence-electron chi connectivity index (χ3n) is 1.87. The summed E-state index contributed by atoms with van der Waals surface area (Å²) in [4.78, 5) is 0. The van der Waals surface area contributed by atoms with Gasteiger partial charge in [0.25, 0.3) is 0 Å². The molecule has 0 aliphatic carbocycles. The molecule has 4 heteroatoms. The number of hydrogen-bond donors (Lipinski definition) is 0. The van der Waals surface area contributed by atoms with Gasteiger partial charge in [-0.05, 0) is 34.5 Å². The Kier molecular flexibility index (Phi) is 4.57. The van der Waals surface area contributed by atoms with Crippen LogP contribution in [0.1, 0.15) is 25.3 Å². The lowest BCUT2D eigenvalue weighted by Crippen LogP contribution is -1.99. The van der Waals surface area contributed by atoms with Gasteiger partial charge in [-0.1, -0.05) is 13.3 Å². The van der Waals surface area contributed by atoms with E-state index >= 15 is 0 Å². The molecule has 0 aliphatic heterocycles. The van der Waals surface area contributed by atoms with E-state index in [4.69, 9.17) is 10.00 Å². The van der Waals surface area contributed by atoms with Crippen molar-refractivity contribution in [3.05, 3.63) is 28.0 Å². The molecular weight excluding hydrogens is 261 g/mol. The fourth-order valence-corrected chi connectivity index (χ4v) is 1.66. The average molecular weight is 272 g/mol. The average Bonchev–Trinajstić information content (AvgIpc) is 2.20. The van der Waals surface area contributed by atoms with Gasteiger partial charge in [0.05, 0.1) is 16.6 Å². The molecule has 0 heterocycles. The maximum Gasteiger partial charge on any atom is 0.151 e. The van der Waals surface area contributed by atoms with Gasteiger partial charge in [0.1, 0.15) is 11.9 Å². The molecule has 80 valence electrons. The summed E-state index contributed by atoms with van der Waals surface area (Å²) in [6.07, 6.45) is 1.93. The molecule has 0 bridgehead atoms. The van der Waals surface area contributed by atoms with Crippen LogP contribution in [0.3, 0.4) is 0 Å². The summed E-state index contributed by atoms with van der Waals surface area (Å²) in [5.41, 5.74) is 0.220. The predicted molar refractivity (Wildman–Crippen MR) is 59.2 cm³/mol. The number of halogens is 2. The molecule has 0 saturated heterocycles. The molecule has 0 aromatic heterocycles. The van der Waals surface area contributed by atoms with Crippen LogP contribution < -0.4 is 4.74 Å². The second kappa shape index (κ2) is 5.72. The molecule has 1 aromatic rings. The van der Waals surface area contributed by atoms with Crippen molar-refractivity contribution in [2.45, 2.75) is 19.8 Å². The molecule has 0 unspecified atom stereocenters. The molecule has 0 aliphatic rings. The van der Waals surface area contributed by atoms with Gasteiger partial charge in [-0.3, -0.25) is 0 Å². The van der Waals surface area contributed by atoms with Crippen LogP contribution in [0, 0.1) is 17.1 Å². The minimum Gasteiger partial charge on any atom is -0.491 e. The Labute approximate surface area is 96.8 Å². The third-order valence-corrected chi connectivity index (χ3v) is 2.46. The van der Waals surface area contributed by atoms with Gasteiger partial charge in [-0.2, -0.15) is 5.26 Å². The zero-order valence-corrected chi connectivity index (χ0v) is 9.97. The molecule has 0 amide bonds. The van der Waals surface area contributed by atoms with E-state index in [0.717, 1.165) is 12.8 Å². The molecule has 0 radical (unpaired) electrons. The SMILES string of the molecule is CCCCOc1c(Br)cc(F)cc1C#N. The highest BCUT2D eigenvalue weighted by molar-refractivity contribution is 9.10. The molecule has 1 aromatic carbocycles. The van der Waals surface area contributed by atoms with E-state index in [1.165, 1.54) is 12.1 Å². The Bertz CT molecular complexity index is 387. The fraction of sp³-hybridized carbons (Fsp3) is 0.364. The molecule has 0 saturated carbocycles. The highest BCUT2D eigenvalue weighted by atomic mass is 79.9. The number of rotatable bonds is 4. The van der Waals surface area contributed by atoms with E-state index in [1.807, 2.05) is 13.0 Å². The lowest BCUT2D eigenvalue weighted by molar-refractivity contribution is 0.306. The van der Waals surface area contributed by atoms with Crippen LogP contribution in [0.4, 0.5) is 4.39 Å². The summed E-state index contributed by atoms with van der Waals surface area (Å²) in [6.45, 7) is 2.59. The van der Waals surface area contributed by atoms with Crippen molar-refractivity contribution in [2.24, 2.45) is 0 Å². The van der Waals surface area contributed by atoms with E-state index in [1.54, 1.807) is 0 Å². The molecule has 0 atom stereocenters. The third kappa shape index (κ3) is 3.21. The van der Waals surface area contributed by atoms with Crippen LogP contribution in [-0.4, -0.2) is 6.61 Å². The van der Waals surface area contributed by atoms with E-state index in [2.05, 4.69) is 15.9 Å². The number of nitriles is 1. The predicted octanol–water partition coefficient (Wildman–Crippen LogP) is 3.64. The van der Waals surface area contributed by atoms with Gasteiger partial charge in [-0.25, -0.2) is 4.39 Å². The summed E-state index contributed by atoms with van der Waals surface area (Å²) in [6, 6.07) is 4.38. The van der Waals surface area contributed by atoms with Gasteiger partial charge in [-0.15, -0.1) is 0 Å². The second-order valence-corrected chi connectivity index (χ2v) is 3.93. The minimum absolute atomic E-state index is 0.220. The Morgan fingerprint density at radius 3 is 2.87 bits per heavy atom. The zero-order chi connectivity index (χ0) is 11.3. The molecule has 2 nitrogen and oxygen atoms in total. The van der Waals surface area contributed by atoms with Crippen LogP contribution >= 0.6 is 15.9 Å². The molecule has 0 N–H and O–H groups in total. The topological polar surface area (TPSA) is 33.0 Å². The maximum atomic E-state index is 12.9. The molecular formula is C11H11BrFNO. The fourth-order valence-electron chi connectivity index (χ4n) is 1.11. The second-order valence-electron chi connectivity index (χ2n) is 3.08. The van der Waals surface area contributed by atoms with E-state index in [-0.39, 0.29) is 5.56 Å². The smallest absolute Gasteiger partial charge is 0.151 e. The number of nitrogens with zero attached hydrogens (tertiary/aromatic N) is 1. The van der Waals surface area contributed by atoms with Gasteiger partial charge < -0.3 is 4.74 Å². The van der Waals surface area contributed by atoms with Gasteiger partial charge in [0.2, 0.25) is 0 Å². The van der Waals surface area contributed by atoms with Gasteiger partial charge >= 0.3 is 0 Å². The van der Waals surface area contributed by atoms with Crippen molar-refractivity contribution >= 4 is 15.9 Å². The van der Waals surface area contributed by atoms with Gasteiger partial charge in [0, 0.05) is 0 Å². The Morgan fingerprint density at radius 2 is 2.27 bits per heavy atom. The van der Waals surface area contributed by atoms with Crippen molar-refractivity contribution < 1.29 is 9.13 Å². The first-order valence-corrected chi connectivity index (χ1v) is 5.50. The van der Waals surface area contributed by atoms with E-state index < -0.39 is 5.82 Å². The quantitative estimate of drug-likeness (QED) is 0.784. The van der Waals surface area contributed by atoms with Crippen molar-refractivity contribution in [1.29, 1.82) is 5.26 Å². The summed E-state index contributed by atoms with van der Waals surface area (Å²) < 4.78 is 18.8. The lowest BCUT2D eigenvalue weighted by atomic mass is 10.2. The van der Waals surface area contributed by atoms with Crippen molar-refractivity contribution in [3.8, 4) is 11.8 Å². The van der Waals surface area contributed by atoms with Crippen LogP contribution in [0.2, 0.25) is 0 Å². The van der Waals surface area contributed by atoms with Crippen molar-refractivity contribution in [3.63, 3.8) is 0 Å². The lowest BCUT2D eigenvalue weighted by Gasteiger charge is -2.09. The van der Waals surface area contributed by atoms with Crippen molar-refractivity contribution in [1.82, 2.24) is 0 Å². The number of ether oxygens (including phenoxy) is 1. The first-order chi connectivity index (χ1) is 7.19. The summed E-state index contributed by atoms with van der Waals surface area (Å²) in [7, 11) is 0. The summed E-state index contributed by atoms with van der Waals surface area (Å²) >= 11 is 3.17. The highest BCUT2D eigenvalue weighted by Gasteiger charge is 2.10. The first-order valence-electron chi connectivity index (χ1n) is 4.71. The minimum atomic E-state index is -0.443. The molecule has 0 spiro atoms. The zero-order valence-electron chi connectivity index (χ0n) is 8.39. The standard InChI is InChI=1S/C11H11BrFNO/c1-2-3-4-15-11-8(7-14)5-9(13)6-10(11)12/h5-6H,2-4H2,1H3. The number of benzene rings is 1. The number of unbranched alkanes of at least 4 members (excludes halogenated alkanes) is 1. The van der Waals surface area contributed by atoms with Crippen LogP contribution in [0.15, 0.2) is 16.6 Å². The molecule has 1 rings (SSSR count). The Balaban J connectivity index is 2.90. The van der Waals surface area contributed by atoms with Gasteiger partial charge in [0.15, 0.2) is 5.75 Å². The first kappa shape index (κ1) is 12.0. The normalized spacial score (nSPS) is 9.73.